The van der Waals surface area contributed by atoms with E-state index in [-0.39, 0.29) is 18.8 Å². The Morgan fingerprint density at radius 2 is 2.09 bits per heavy atom. The molecule has 1 aromatic heterocycles. The minimum atomic E-state index is -3.39. The van der Waals surface area contributed by atoms with Crippen LogP contribution < -0.4 is 0 Å². The van der Waals surface area contributed by atoms with E-state index >= 15 is 0 Å². The quantitative estimate of drug-likeness (QED) is 0.670. The highest BCUT2D eigenvalue weighted by Crippen LogP contribution is 2.14. The van der Waals surface area contributed by atoms with Crippen molar-refractivity contribution in [2.75, 3.05) is 38.5 Å². The van der Waals surface area contributed by atoms with Crippen LogP contribution in [0.2, 0.25) is 0 Å². The van der Waals surface area contributed by atoms with Gasteiger partial charge in [0.25, 0.3) is 0 Å². The summed E-state index contributed by atoms with van der Waals surface area (Å²) in [5.41, 5.74) is 1.80. The minimum absolute atomic E-state index is 0.0861. The van der Waals surface area contributed by atoms with Gasteiger partial charge in [0.2, 0.25) is 10.0 Å². The topological polar surface area (TPSA) is 79.8 Å². The highest BCUT2D eigenvalue weighted by Gasteiger charge is 2.27. The molecule has 0 aliphatic carbocycles. The molecule has 0 atom stereocenters. The normalized spacial score (nSPS) is 17.5. The zero-order valence-corrected chi connectivity index (χ0v) is 14.2. The maximum absolute atomic E-state index is 12.2. The van der Waals surface area contributed by atoms with Gasteiger partial charge in [-0.2, -0.15) is 4.31 Å². The Kier molecular flexibility index (Phi) is 6.30. The molecule has 0 N–H and O–H groups in total. The van der Waals surface area contributed by atoms with Crippen LogP contribution in [-0.4, -0.2) is 67.1 Å². The molecule has 0 radical (unpaired) electrons. The second kappa shape index (κ2) is 8.00. The third-order valence-corrected chi connectivity index (χ3v) is 6.09. The van der Waals surface area contributed by atoms with Crippen LogP contribution in [0.4, 0.5) is 0 Å². The number of carbonyl (C=O) groups excluding carboxylic acids is 1. The number of thiazole rings is 1. The van der Waals surface area contributed by atoms with Gasteiger partial charge in [0.1, 0.15) is 0 Å². The van der Waals surface area contributed by atoms with E-state index < -0.39 is 16.0 Å². The fraction of sp³-hybridized carbons (Fsp3) is 0.692. The Morgan fingerprint density at radius 3 is 2.68 bits per heavy atom. The number of piperazine rings is 1. The van der Waals surface area contributed by atoms with E-state index in [1.165, 1.54) is 9.18 Å². The number of ether oxygens (including phenoxy) is 1. The van der Waals surface area contributed by atoms with Gasteiger partial charge >= 0.3 is 5.97 Å². The number of esters is 1. The lowest BCUT2D eigenvalue weighted by atomic mass is 10.3. The first-order valence-corrected chi connectivity index (χ1v) is 9.73. The standard InChI is InChI=1S/C13H21N3O4S2/c1-2-20-13(17)3-8-22(18,19)16-6-4-15(5-7-16)10-12-9-14-11-21-12/h9,11H,2-8,10H2,1H3. The monoisotopic (exact) mass is 347 g/mol. The Hall–Kier alpha value is -1.03. The van der Waals surface area contributed by atoms with Gasteiger partial charge in [-0.15, -0.1) is 11.3 Å². The van der Waals surface area contributed by atoms with Gasteiger partial charge in [-0.05, 0) is 6.92 Å². The predicted octanol–water partition coefficient (Wildman–Crippen LogP) is 0.544. The lowest BCUT2D eigenvalue weighted by molar-refractivity contribution is -0.142. The van der Waals surface area contributed by atoms with Crippen LogP contribution >= 0.6 is 11.3 Å². The Morgan fingerprint density at radius 1 is 1.36 bits per heavy atom. The number of carbonyl (C=O) groups is 1. The molecule has 0 bridgehead atoms. The van der Waals surface area contributed by atoms with Crippen LogP contribution in [0.3, 0.4) is 0 Å². The number of sulfonamides is 1. The van der Waals surface area contributed by atoms with E-state index in [1.54, 1.807) is 23.8 Å². The summed E-state index contributed by atoms with van der Waals surface area (Å²) in [7, 11) is -3.39. The van der Waals surface area contributed by atoms with Crippen molar-refractivity contribution in [3.63, 3.8) is 0 Å². The molecule has 9 heteroatoms. The first kappa shape index (κ1) is 17.3. The van der Waals surface area contributed by atoms with Gasteiger partial charge < -0.3 is 4.74 Å². The van der Waals surface area contributed by atoms with E-state index in [0.29, 0.717) is 26.2 Å². The van der Waals surface area contributed by atoms with Crippen LogP contribution in [-0.2, 0) is 26.1 Å². The molecule has 22 heavy (non-hydrogen) atoms. The largest absolute Gasteiger partial charge is 0.466 e. The molecule has 7 nitrogen and oxygen atoms in total. The van der Waals surface area contributed by atoms with E-state index in [1.807, 2.05) is 6.20 Å². The Bertz CT molecular complexity index is 566. The predicted molar refractivity (Wildman–Crippen MR) is 84.0 cm³/mol. The van der Waals surface area contributed by atoms with Crippen molar-refractivity contribution in [3.8, 4) is 0 Å². The van der Waals surface area contributed by atoms with Gasteiger partial charge in [0.05, 0.1) is 24.3 Å². The van der Waals surface area contributed by atoms with Crippen LogP contribution in [0.5, 0.6) is 0 Å². The minimum Gasteiger partial charge on any atom is -0.466 e. The van der Waals surface area contributed by atoms with Crippen molar-refractivity contribution in [2.24, 2.45) is 0 Å². The number of rotatable bonds is 7. The second-order valence-corrected chi connectivity index (χ2v) is 8.07. The number of aromatic nitrogens is 1. The molecule has 2 rings (SSSR count). The fourth-order valence-electron chi connectivity index (χ4n) is 2.28. The summed E-state index contributed by atoms with van der Waals surface area (Å²) in [6.45, 7) is 5.09. The third kappa shape index (κ3) is 5.01. The number of nitrogens with zero attached hydrogens (tertiary/aromatic N) is 3. The van der Waals surface area contributed by atoms with Crippen molar-refractivity contribution in [2.45, 2.75) is 19.9 Å². The molecule has 0 unspecified atom stereocenters. The van der Waals surface area contributed by atoms with E-state index in [0.717, 1.165) is 6.54 Å². The third-order valence-electron chi connectivity index (χ3n) is 3.46. The van der Waals surface area contributed by atoms with Crippen LogP contribution in [0.15, 0.2) is 11.7 Å². The van der Waals surface area contributed by atoms with E-state index in [4.69, 9.17) is 4.74 Å². The van der Waals surface area contributed by atoms with Crippen LogP contribution in [0, 0.1) is 0 Å². The zero-order chi connectivity index (χ0) is 16.0. The van der Waals surface area contributed by atoms with E-state index in [9.17, 15) is 13.2 Å². The maximum Gasteiger partial charge on any atom is 0.306 e. The fourth-order valence-corrected chi connectivity index (χ4v) is 4.32. The van der Waals surface area contributed by atoms with Crippen molar-refractivity contribution in [3.05, 3.63) is 16.6 Å². The van der Waals surface area contributed by atoms with E-state index in [2.05, 4.69) is 9.88 Å². The summed E-state index contributed by atoms with van der Waals surface area (Å²) >= 11 is 1.60. The summed E-state index contributed by atoms with van der Waals surface area (Å²) in [6.07, 6.45) is 1.75. The molecule has 1 aromatic rings. The lowest BCUT2D eigenvalue weighted by Crippen LogP contribution is -2.48. The molecule has 0 aromatic carbocycles. The average molecular weight is 347 g/mol. The molecule has 124 valence electrons. The molecule has 1 aliphatic heterocycles. The summed E-state index contributed by atoms with van der Waals surface area (Å²) in [4.78, 5) is 18.7. The molecule has 0 spiro atoms. The number of hydrogen-bond donors (Lipinski definition) is 0. The van der Waals surface area contributed by atoms with Crippen LogP contribution in [0.1, 0.15) is 18.2 Å². The Labute approximate surface area is 134 Å². The molecular formula is C13H21N3O4S2. The summed E-state index contributed by atoms with van der Waals surface area (Å²) in [5, 5.41) is 0. The maximum atomic E-state index is 12.2. The van der Waals surface area contributed by atoms with Gasteiger partial charge in [0.15, 0.2) is 0 Å². The molecule has 1 saturated heterocycles. The van der Waals surface area contributed by atoms with Gasteiger partial charge in [0, 0.05) is 43.8 Å². The van der Waals surface area contributed by atoms with Crippen molar-refractivity contribution in [1.82, 2.24) is 14.2 Å². The number of hydrogen-bond acceptors (Lipinski definition) is 7. The zero-order valence-electron chi connectivity index (χ0n) is 12.6. The lowest BCUT2D eigenvalue weighted by Gasteiger charge is -2.33. The average Bonchev–Trinajstić information content (AvgIpc) is 2.99. The summed E-state index contributed by atoms with van der Waals surface area (Å²) < 4.78 is 30.7. The second-order valence-electron chi connectivity index (χ2n) is 5.01. The summed E-state index contributed by atoms with van der Waals surface area (Å²) in [5.74, 6) is -0.643. The van der Waals surface area contributed by atoms with Crippen molar-refractivity contribution >= 4 is 27.3 Å². The van der Waals surface area contributed by atoms with Gasteiger partial charge in [-0.3, -0.25) is 14.7 Å². The highest BCUT2D eigenvalue weighted by atomic mass is 32.2. The first-order valence-electron chi connectivity index (χ1n) is 7.24. The highest BCUT2D eigenvalue weighted by molar-refractivity contribution is 7.89. The SMILES string of the molecule is CCOC(=O)CCS(=O)(=O)N1CCN(Cc2cncs2)CC1. The van der Waals surface area contributed by atoms with Crippen molar-refractivity contribution in [1.29, 1.82) is 0 Å². The smallest absolute Gasteiger partial charge is 0.306 e. The molecule has 0 saturated carbocycles. The van der Waals surface area contributed by atoms with Crippen LogP contribution in [0.25, 0.3) is 0 Å². The van der Waals surface area contributed by atoms with Gasteiger partial charge in [-0.1, -0.05) is 0 Å². The van der Waals surface area contributed by atoms with Crippen molar-refractivity contribution < 1.29 is 17.9 Å². The first-order chi connectivity index (χ1) is 10.5. The summed E-state index contributed by atoms with van der Waals surface area (Å²) in [6, 6.07) is 0. The Balaban J connectivity index is 1.78. The molecule has 1 fully saturated rings. The molecule has 1 aliphatic rings. The molecular weight excluding hydrogens is 326 g/mol. The molecule has 2 heterocycles. The van der Waals surface area contributed by atoms with Gasteiger partial charge in [-0.25, -0.2) is 8.42 Å². The molecule has 0 amide bonds.